The summed E-state index contributed by atoms with van der Waals surface area (Å²) in [5.74, 6) is 1.25. The molecule has 4 fully saturated rings. The zero-order valence-corrected chi connectivity index (χ0v) is 39.2. The van der Waals surface area contributed by atoms with Crippen LogP contribution in [0.1, 0.15) is 119 Å². The summed E-state index contributed by atoms with van der Waals surface area (Å²) >= 11 is 0. The number of nitrogens with one attached hydrogen (secondary N) is 3. The minimum Gasteiger partial charge on any atom is -0.486 e. The molecule has 0 spiro atoms. The number of fused-ring (bicyclic) bond motifs is 6. The summed E-state index contributed by atoms with van der Waals surface area (Å²) in [5.41, 5.74) is 15.8. The first-order valence-electron chi connectivity index (χ1n) is 24.3. The van der Waals surface area contributed by atoms with Gasteiger partial charge in [0.1, 0.15) is 36.4 Å². The molecule has 5 atom stereocenters. The molecule has 0 radical (unpaired) electrons. The first kappa shape index (κ1) is 44.5. The van der Waals surface area contributed by atoms with Crippen molar-refractivity contribution in [3.63, 3.8) is 0 Å². The second-order valence-electron chi connectivity index (χ2n) is 19.6. The van der Waals surface area contributed by atoms with E-state index in [-0.39, 0.29) is 42.8 Å². The molecule has 3 aromatic carbocycles. The predicted octanol–water partition coefficient (Wildman–Crippen LogP) is 7.89. The van der Waals surface area contributed by atoms with Crippen molar-refractivity contribution in [2.24, 2.45) is 5.92 Å². The van der Waals surface area contributed by atoms with Crippen molar-refractivity contribution in [2.45, 2.75) is 135 Å². The maximum atomic E-state index is 14.0. The largest absolute Gasteiger partial charge is 0.486 e. The zero-order valence-electron chi connectivity index (χ0n) is 39.2. The van der Waals surface area contributed by atoms with E-state index in [2.05, 4.69) is 42.4 Å². The number of carbonyl (C=O) groups is 3. The number of aldehydes is 1. The number of carbonyl (C=O) groups excluding carboxylic acids is 3. The molecule has 4 aliphatic heterocycles. The summed E-state index contributed by atoms with van der Waals surface area (Å²) in [4.78, 5) is 54.1. The van der Waals surface area contributed by atoms with Gasteiger partial charge in [-0.25, -0.2) is 0 Å². The van der Waals surface area contributed by atoms with Gasteiger partial charge in [0.05, 0.1) is 18.2 Å². The minimum absolute atomic E-state index is 0.0407. The maximum absolute atomic E-state index is 14.0. The summed E-state index contributed by atoms with van der Waals surface area (Å²) in [6.07, 6.45) is 11.3. The van der Waals surface area contributed by atoms with Gasteiger partial charge in [0.25, 0.3) is 0 Å². The van der Waals surface area contributed by atoms with E-state index >= 15 is 0 Å². The van der Waals surface area contributed by atoms with Crippen LogP contribution >= 0.6 is 0 Å². The van der Waals surface area contributed by atoms with Crippen molar-refractivity contribution >= 4 is 52.4 Å². The summed E-state index contributed by atoms with van der Waals surface area (Å²) in [5, 5.41) is 21.2. The normalized spacial score (nSPS) is 20.7. The van der Waals surface area contributed by atoms with Gasteiger partial charge in [0.2, 0.25) is 11.8 Å². The lowest BCUT2D eigenvalue weighted by molar-refractivity contribution is -0.139. The molecular formula is C52H62N10O5. The van der Waals surface area contributed by atoms with Crippen molar-refractivity contribution in [3.8, 4) is 34.0 Å². The molecule has 5 unspecified atom stereocenters. The molecule has 10 rings (SSSR count). The second kappa shape index (κ2) is 18.0. The van der Waals surface area contributed by atoms with Gasteiger partial charge in [-0.05, 0) is 104 Å². The predicted molar refractivity (Wildman–Crippen MR) is 260 cm³/mol. The molecule has 1 aliphatic carbocycles. The second-order valence-corrected chi connectivity index (χ2v) is 19.6. The Kier molecular flexibility index (Phi) is 12.0. The highest BCUT2D eigenvalue weighted by Crippen LogP contribution is 2.53. The maximum Gasteiger partial charge on any atom is 0.319 e. The number of aromatic nitrogens is 4. The number of amides is 2. The van der Waals surface area contributed by atoms with Crippen LogP contribution in [0.4, 0.5) is 17.2 Å². The first-order valence-corrected chi connectivity index (χ1v) is 24.3. The molecule has 350 valence electrons. The van der Waals surface area contributed by atoms with Crippen LogP contribution in [0.15, 0.2) is 42.6 Å². The van der Waals surface area contributed by atoms with Gasteiger partial charge in [-0.3, -0.25) is 14.3 Å². The average Bonchev–Trinajstić information content (AvgIpc) is 3.59. The van der Waals surface area contributed by atoms with Gasteiger partial charge >= 0.3 is 6.01 Å². The number of rotatable bonds is 16. The minimum atomic E-state index is -0.633. The summed E-state index contributed by atoms with van der Waals surface area (Å²) in [7, 11) is 0. The molecule has 15 heteroatoms. The fourth-order valence-electron chi connectivity index (χ4n) is 11.0. The Morgan fingerprint density at radius 3 is 2.61 bits per heavy atom. The summed E-state index contributed by atoms with van der Waals surface area (Å²) in [6, 6.07) is 12.0. The van der Waals surface area contributed by atoms with Crippen LogP contribution in [0.3, 0.4) is 0 Å². The Labute approximate surface area is 391 Å². The molecule has 5 aliphatic rings. The van der Waals surface area contributed by atoms with Gasteiger partial charge in [0.15, 0.2) is 5.75 Å². The Hall–Kier alpha value is -6.35. The van der Waals surface area contributed by atoms with Crippen LogP contribution in [-0.2, 0) is 27.4 Å². The highest BCUT2D eigenvalue weighted by atomic mass is 16.5. The van der Waals surface area contributed by atoms with E-state index in [0.29, 0.717) is 65.0 Å². The number of ether oxygens (including phenoxy) is 2. The molecule has 5 N–H and O–H groups in total. The van der Waals surface area contributed by atoms with Crippen LogP contribution in [0.2, 0.25) is 0 Å². The van der Waals surface area contributed by atoms with Crippen molar-refractivity contribution in [3.05, 3.63) is 70.5 Å². The molecule has 67 heavy (non-hydrogen) atoms. The van der Waals surface area contributed by atoms with Crippen molar-refractivity contribution in [1.29, 1.82) is 5.41 Å². The summed E-state index contributed by atoms with van der Waals surface area (Å²) < 4.78 is 15.6. The molecule has 5 aromatic rings. The lowest BCUT2D eigenvalue weighted by atomic mass is 9.87. The Morgan fingerprint density at radius 1 is 1.07 bits per heavy atom. The van der Waals surface area contributed by atoms with E-state index in [9.17, 15) is 14.4 Å². The smallest absolute Gasteiger partial charge is 0.319 e. The van der Waals surface area contributed by atoms with Crippen LogP contribution < -0.4 is 30.7 Å². The molecular weight excluding hydrogens is 845 g/mol. The number of anilines is 3. The third-order valence-electron chi connectivity index (χ3n) is 14.6. The molecule has 2 amide bonds. The van der Waals surface area contributed by atoms with E-state index in [1.165, 1.54) is 6.21 Å². The van der Waals surface area contributed by atoms with Crippen molar-refractivity contribution in [2.75, 3.05) is 35.6 Å². The van der Waals surface area contributed by atoms with Crippen LogP contribution in [0.25, 0.3) is 33.2 Å². The number of benzene rings is 3. The van der Waals surface area contributed by atoms with Crippen LogP contribution in [-0.4, -0.2) is 92.8 Å². The third-order valence-corrected chi connectivity index (χ3v) is 14.6. The molecule has 6 heterocycles. The van der Waals surface area contributed by atoms with E-state index in [1.54, 1.807) is 9.58 Å². The monoisotopic (exact) mass is 906 g/mol. The average molecular weight is 907 g/mol. The number of hydrogen-bond acceptors (Lipinski definition) is 12. The number of nitrogens with two attached hydrogens (primary N) is 1. The Morgan fingerprint density at radius 2 is 1.91 bits per heavy atom. The third kappa shape index (κ3) is 8.18. The number of nitrogens with zero attached hydrogens (tertiary/aromatic N) is 6. The molecule has 2 aromatic heterocycles. The Bertz CT molecular complexity index is 2780. The van der Waals surface area contributed by atoms with E-state index in [0.717, 1.165) is 114 Å². The van der Waals surface area contributed by atoms with Crippen molar-refractivity contribution in [1.82, 2.24) is 30.0 Å². The Balaban J connectivity index is 1.09. The SMILES string of the molecule is CCCC(CC)Oc1nc(N2CC3CC2CN3)c2cc(C3CC3)c(-c3c(C)ccc(N)c3C=N)c(OCc3ccc4c(c3)NC(=O)Cc3nn(C(C(=O)N5CCCC5C=O)C(C)C)cc3-4)c2n1. The summed E-state index contributed by atoms with van der Waals surface area (Å²) in [6.45, 7) is 12.7. The van der Waals surface area contributed by atoms with Gasteiger partial charge in [0, 0.05) is 83.1 Å². The van der Waals surface area contributed by atoms with E-state index < -0.39 is 12.1 Å². The lowest BCUT2D eigenvalue weighted by Gasteiger charge is -2.31. The number of likely N-dealkylation sites (tertiary alicyclic amines) is 1. The fourth-order valence-corrected chi connectivity index (χ4v) is 11.0. The van der Waals surface area contributed by atoms with E-state index in [1.807, 2.05) is 50.4 Å². The van der Waals surface area contributed by atoms with Gasteiger partial charge in [-0.2, -0.15) is 15.1 Å². The zero-order chi connectivity index (χ0) is 46.7. The molecule has 2 bridgehead atoms. The number of nitrogen functional groups attached to an aromatic ring is 1. The highest BCUT2D eigenvalue weighted by Gasteiger charge is 2.41. The number of aryl methyl sites for hydroxylation is 1. The van der Waals surface area contributed by atoms with Crippen LogP contribution in [0.5, 0.6) is 11.8 Å². The molecule has 1 saturated carbocycles. The van der Waals surface area contributed by atoms with Gasteiger partial charge in [-0.15, -0.1) is 0 Å². The number of hydrogen-bond donors (Lipinski definition) is 4. The topological polar surface area (TPSA) is 194 Å². The van der Waals surface area contributed by atoms with Gasteiger partial charge < -0.3 is 45.8 Å². The lowest BCUT2D eigenvalue weighted by Crippen LogP contribution is -2.44. The van der Waals surface area contributed by atoms with Crippen molar-refractivity contribution < 1.29 is 23.9 Å². The standard InChI is InChI=1S/C52H62N10O5/c1-6-9-35(7-2)67-52-57-47-38(50(58-52)61-24-32-19-34(61)23-55-32)20-37(31-13-14-31)46(45-29(5)11-16-41(54)39(45)22-53)49(47)66-27-30-12-15-36-40-25-62(59-43(40)21-44(64)56-42(36)18-30)48(28(3)4)51(65)60-17-8-10-33(60)26-63/h11-12,15-16,18,20,22,25-26,28,31-35,48,53,55H,6-10,13-14,17,19,21,23-24,27,54H2,1-5H3,(H,56,64). The fraction of sp³-hybridized carbons (Fsp3) is 0.481. The quantitative estimate of drug-likeness (QED) is 0.0427. The van der Waals surface area contributed by atoms with Gasteiger partial charge in [-0.1, -0.05) is 52.3 Å². The first-order chi connectivity index (χ1) is 32.5. The molecule has 15 nitrogen and oxygen atoms in total. The molecule has 3 saturated heterocycles. The number of piperazine rings is 1. The van der Waals surface area contributed by atoms with Crippen LogP contribution in [0, 0.1) is 18.3 Å². The highest BCUT2D eigenvalue weighted by molar-refractivity contribution is 6.05. The van der Waals surface area contributed by atoms with E-state index in [4.69, 9.17) is 35.7 Å².